The third kappa shape index (κ3) is 4.18. The molecule has 170 valence electrons. The maximum absolute atomic E-state index is 13.5. The molecule has 0 radical (unpaired) electrons. The summed E-state index contributed by atoms with van der Waals surface area (Å²) in [6, 6.07) is 18.3. The lowest BCUT2D eigenvalue weighted by atomic mass is 10.2. The summed E-state index contributed by atoms with van der Waals surface area (Å²) < 4.78 is 14.9. The molecule has 3 aromatic carbocycles. The highest BCUT2D eigenvalue weighted by Crippen LogP contribution is 2.27. The SMILES string of the molecule is Cc1ccc(NC(=O)CSc2nc3c([nH]c4ccccc43)c(=O)n2-c2ccc(F)cc2)cc1Cl. The van der Waals surface area contributed by atoms with Crippen molar-refractivity contribution in [3.63, 3.8) is 0 Å². The minimum atomic E-state index is -0.415. The summed E-state index contributed by atoms with van der Waals surface area (Å²) in [5.41, 5.74) is 3.25. The number of carbonyl (C=O) groups is 1. The summed E-state index contributed by atoms with van der Waals surface area (Å²) in [6.45, 7) is 1.88. The number of aromatic amines is 1. The minimum absolute atomic E-state index is 0.00694. The number of thioether (sulfide) groups is 1. The summed E-state index contributed by atoms with van der Waals surface area (Å²) in [5, 5.41) is 4.50. The maximum Gasteiger partial charge on any atom is 0.283 e. The molecule has 2 heterocycles. The first-order valence-corrected chi connectivity index (χ1v) is 11.8. The van der Waals surface area contributed by atoms with Crippen LogP contribution in [0.3, 0.4) is 0 Å². The van der Waals surface area contributed by atoms with E-state index in [9.17, 15) is 14.0 Å². The molecule has 0 aliphatic rings. The zero-order valence-electron chi connectivity index (χ0n) is 17.9. The van der Waals surface area contributed by atoms with Gasteiger partial charge in [-0.05, 0) is 55.0 Å². The molecule has 6 nitrogen and oxygen atoms in total. The molecule has 1 amide bonds. The number of rotatable bonds is 5. The fraction of sp³-hybridized carbons (Fsp3) is 0.0800. The smallest absolute Gasteiger partial charge is 0.283 e. The molecule has 0 unspecified atom stereocenters. The number of fused-ring (bicyclic) bond motifs is 3. The van der Waals surface area contributed by atoms with Gasteiger partial charge >= 0.3 is 0 Å². The van der Waals surface area contributed by atoms with E-state index < -0.39 is 5.82 Å². The molecule has 0 fully saturated rings. The maximum atomic E-state index is 13.5. The van der Waals surface area contributed by atoms with Crippen molar-refractivity contribution in [2.24, 2.45) is 0 Å². The Morgan fingerprint density at radius 1 is 1.15 bits per heavy atom. The Labute approximate surface area is 202 Å². The first-order valence-electron chi connectivity index (χ1n) is 10.4. The van der Waals surface area contributed by atoms with Gasteiger partial charge in [0.05, 0.1) is 11.4 Å². The Hall–Kier alpha value is -3.62. The molecule has 0 atom stereocenters. The van der Waals surface area contributed by atoms with E-state index in [1.807, 2.05) is 37.3 Å². The lowest BCUT2D eigenvalue weighted by molar-refractivity contribution is -0.113. The van der Waals surface area contributed by atoms with Crippen molar-refractivity contribution in [3.05, 3.63) is 93.5 Å². The van der Waals surface area contributed by atoms with Crippen molar-refractivity contribution in [2.45, 2.75) is 12.1 Å². The summed E-state index contributed by atoms with van der Waals surface area (Å²) in [5.74, 6) is -0.682. The number of nitrogens with zero attached hydrogens (tertiary/aromatic N) is 2. The van der Waals surface area contributed by atoms with Gasteiger partial charge in [0.25, 0.3) is 5.56 Å². The Kier molecular flexibility index (Phi) is 5.85. The Balaban J connectivity index is 1.54. The van der Waals surface area contributed by atoms with E-state index >= 15 is 0 Å². The number of H-pyrrole nitrogens is 1. The molecule has 5 aromatic rings. The highest BCUT2D eigenvalue weighted by Gasteiger charge is 2.18. The average molecular weight is 493 g/mol. The van der Waals surface area contributed by atoms with Gasteiger partial charge in [0.1, 0.15) is 16.9 Å². The molecule has 0 saturated heterocycles. The first-order chi connectivity index (χ1) is 16.4. The molecular formula is C25H18ClFN4O2S. The fourth-order valence-electron chi connectivity index (χ4n) is 3.65. The molecular weight excluding hydrogens is 475 g/mol. The monoisotopic (exact) mass is 492 g/mol. The molecule has 0 bridgehead atoms. The molecule has 2 aromatic heterocycles. The van der Waals surface area contributed by atoms with Gasteiger partial charge in [-0.25, -0.2) is 9.37 Å². The molecule has 0 spiro atoms. The standard InChI is InChI=1S/C25H18ClFN4O2S/c1-14-6-9-16(12-19(14)26)28-21(32)13-34-25-30-22-18-4-2-3-5-20(18)29-23(22)24(33)31(25)17-10-7-15(27)8-11-17/h2-12,29H,13H2,1H3,(H,28,32). The van der Waals surface area contributed by atoms with Crippen molar-refractivity contribution < 1.29 is 9.18 Å². The molecule has 0 aliphatic carbocycles. The molecule has 0 saturated carbocycles. The van der Waals surface area contributed by atoms with Gasteiger partial charge in [-0.3, -0.25) is 14.2 Å². The van der Waals surface area contributed by atoms with Gasteiger partial charge in [0, 0.05) is 21.6 Å². The van der Waals surface area contributed by atoms with Crippen LogP contribution in [0.4, 0.5) is 10.1 Å². The van der Waals surface area contributed by atoms with E-state index in [0.29, 0.717) is 32.6 Å². The number of anilines is 1. The number of nitrogens with one attached hydrogen (secondary N) is 2. The van der Waals surface area contributed by atoms with Crippen LogP contribution >= 0.6 is 23.4 Å². The Morgan fingerprint density at radius 3 is 2.68 bits per heavy atom. The predicted octanol–water partition coefficient (Wildman–Crippen LogP) is 5.70. The molecule has 5 rings (SSSR count). The number of benzene rings is 3. The second-order valence-corrected chi connectivity index (χ2v) is 9.06. The Morgan fingerprint density at radius 2 is 1.91 bits per heavy atom. The van der Waals surface area contributed by atoms with Crippen LogP contribution in [0.5, 0.6) is 0 Å². The highest BCUT2D eigenvalue weighted by molar-refractivity contribution is 7.99. The van der Waals surface area contributed by atoms with E-state index in [0.717, 1.165) is 28.2 Å². The van der Waals surface area contributed by atoms with Gasteiger partial charge in [0.15, 0.2) is 5.16 Å². The van der Waals surface area contributed by atoms with Crippen LogP contribution in [0.15, 0.2) is 76.7 Å². The second kappa shape index (κ2) is 8.96. The summed E-state index contributed by atoms with van der Waals surface area (Å²) in [6.07, 6.45) is 0. The second-order valence-electron chi connectivity index (χ2n) is 7.71. The number of carbonyl (C=O) groups excluding carboxylic acids is 1. The van der Waals surface area contributed by atoms with Crippen LogP contribution in [0.1, 0.15) is 5.56 Å². The van der Waals surface area contributed by atoms with Crippen LogP contribution < -0.4 is 10.9 Å². The molecule has 0 aliphatic heterocycles. The number of aromatic nitrogens is 3. The van der Waals surface area contributed by atoms with Crippen molar-refractivity contribution in [2.75, 3.05) is 11.1 Å². The van der Waals surface area contributed by atoms with Gasteiger partial charge in [0.2, 0.25) is 5.91 Å². The first kappa shape index (κ1) is 22.2. The van der Waals surface area contributed by atoms with E-state index in [-0.39, 0.29) is 17.2 Å². The summed E-state index contributed by atoms with van der Waals surface area (Å²) in [4.78, 5) is 34.0. The number of aryl methyl sites for hydroxylation is 1. The highest BCUT2D eigenvalue weighted by atomic mass is 35.5. The number of halogens is 2. The van der Waals surface area contributed by atoms with Gasteiger partial charge in [-0.1, -0.05) is 47.6 Å². The molecule has 34 heavy (non-hydrogen) atoms. The van der Waals surface area contributed by atoms with E-state index in [1.165, 1.54) is 28.8 Å². The van der Waals surface area contributed by atoms with Crippen LogP contribution in [0.2, 0.25) is 5.02 Å². The summed E-state index contributed by atoms with van der Waals surface area (Å²) >= 11 is 7.27. The zero-order chi connectivity index (χ0) is 23.8. The quantitative estimate of drug-likeness (QED) is 0.244. The third-order valence-corrected chi connectivity index (χ3v) is 6.71. The van der Waals surface area contributed by atoms with Crippen molar-refractivity contribution in [1.82, 2.24) is 14.5 Å². The Bertz CT molecular complexity index is 1610. The van der Waals surface area contributed by atoms with Gasteiger partial charge in [-0.2, -0.15) is 0 Å². The molecule has 2 N–H and O–H groups in total. The van der Waals surface area contributed by atoms with Crippen LogP contribution in [0.25, 0.3) is 27.6 Å². The predicted molar refractivity (Wildman–Crippen MR) is 135 cm³/mol. The van der Waals surface area contributed by atoms with Crippen LogP contribution in [0, 0.1) is 12.7 Å². The lowest BCUT2D eigenvalue weighted by Gasteiger charge is -2.12. The third-order valence-electron chi connectivity index (χ3n) is 5.37. The molecule has 9 heteroatoms. The van der Waals surface area contributed by atoms with Crippen molar-refractivity contribution in [1.29, 1.82) is 0 Å². The van der Waals surface area contributed by atoms with E-state index in [1.54, 1.807) is 12.1 Å². The lowest BCUT2D eigenvalue weighted by Crippen LogP contribution is -2.23. The average Bonchev–Trinajstić information content (AvgIpc) is 3.20. The number of hydrogen-bond donors (Lipinski definition) is 2. The van der Waals surface area contributed by atoms with Crippen LogP contribution in [-0.2, 0) is 4.79 Å². The normalized spacial score (nSPS) is 11.3. The van der Waals surface area contributed by atoms with Crippen molar-refractivity contribution in [3.8, 4) is 5.69 Å². The number of para-hydroxylation sites is 1. The summed E-state index contributed by atoms with van der Waals surface area (Å²) in [7, 11) is 0. The minimum Gasteiger partial charge on any atom is -0.349 e. The van der Waals surface area contributed by atoms with Gasteiger partial charge in [-0.15, -0.1) is 0 Å². The van der Waals surface area contributed by atoms with E-state index in [2.05, 4.69) is 10.3 Å². The zero-order valence-corrected chi connectivity index (χ0v) is 19.5. The number of hydrogen-bond acceptors (Lipinski definition) is 4. The fourth-order valence-corrected chi connectivity index (χ4v) is 4.64. The van der Waals surface area contributed by atoms with E-state index in [4.69, 9.17) is 16.6 Å². The number of amides is 1. The largest absolute Gasteiger partial charge is 0.349 e. The van der Waals surface area contributed by atoms with Crippen molar-refractivity contribution >= 4 is 56.9 Å². The van der Waals surface area contributed by atoms with Crippen LogP contribution in [-0.4, -0.2) is 26.2 Å². The topological polar surface area (TPSA) is 79.8 Å². The van der Waals surface area contributed by atoms with Gasteiger partial charge < -0.3 is 10.3 Å².